The molecule has 0 amide bonds. The predicted octanol–water partition coefficient (Wildman–Crippen LogP) is 1.80. The molecule has 0 saturated carbocycles. The van der Waals surface area contributed by atoms with Gasteiger partial charge in [0.1, 0.15) is 5.75 Å². The van der Waals surface area contributed by atoms with E-state index < -0.39 is 8.07 Å². The van der Waals surface area contributed by atoms with E-state index in [4.69, 9.17) is 4.74 Å². The maximum Gasteiger partial charge on any atom is 0.139 e. The first-order chi connectivity index (χ1) is 5.67. The van der Waals surface area contributed by atoms with Crippen LogP contribution in [0.1, 0.15) is 5.56 Å². The van der Waals surface area contributed by atoms with E-state index in [1.807, 2.05) is 12.4 Å². The highest BCUT2D eigenvalue weighted by atomic mass is 28.3. The van der Waals surface area contributed by atoms with E-state index in [-0.39, 0.29) is 0 Å². The van der Waals surface area contributed by atoms with E-state index in [0.717, 1.165) is 12.0 Å². The van der Waals surface area contributed by atoms with Crippen LogP contribution in [0.25, 0.3) is 0 Å². The first-order valence-corrected chi connectivity index (χ1v) is 7.64. The van der Waals surface area contributed by atoms with Crippen LogP contribution in [0.5, 0.6) is 5.75 Å². The van der Waals surface area contributed by atoms with Crippen molar-refractivity contribution in [3.63, 3.8) is 0 Å². The molecular weight excluding hydrogens is 166 g/mol. The van der Waals surface area contributed by atoms with E-state index in [1.54, 1.807) is 0 Å². The molecule has 1 aliphatic rings. The molecule has 1 aromatic heterocycles. The van der Waals surface area contributed by atoms with Crippen LogP contribution in [0, 0.1) is 0 Å². The summed E-state index contributed by atoms with van der Waals surface area (Å²) in [6.45, 7) is 4.72. The van der Waals surface area contributed by atoms with Crippen molar-refractivity contribution in [3.8, 4) is 5.75 Å². The van der Waals surface area contributed by atoms with E-state index in [1.165, 1.54) is 11.6 Å². The van der Waals surface area contributed by atoms with Gasteiger partial charge >= 0.3 is 0 Å². The van der Waals surface area contributed by atoms with Crippen LogP contribution in [0.2, 0.25) is 13.1 Å². The second kappa shape index (κ2) is 2.59. The van der Waals surface area contributed by atoms with Crippen molar-refractivity contribution in [1.82, 2.24) is 4.98 Å². The highest BCUT2D eigenvalue weighted by Crippen LogP contribution is 2.26. The molecule has 2 nitrogen and oxygen atoms in total. The van der Waals surface area contributed by atoms with E-state index >= 15 is 0 Å². The van der Waals surface area contributed by atoms with Gasteiger partial charge in [-0.05, 0) is 17.7 Å². The number of fused-ring (bicyclic) bond motifs is 1. The zero-order valence-corrected chi connectivity index (χ0v) is 8.50. The van der Waals surface area contributed by atoms with Gasteiger partial charge in [0.25, 0.3) is 0 Å². The minimum atomic E-state index is -1.09. The van der Waals surface area contributed by atoms with Gasteiger partial charge in [-0.25, -0.2) is 0 Å². The number of ether oxygens (including phenoxy) is 1. The van der Waals surface area contributed by atoms with Gasteiger partial charge in [-0.2, -0.15) is 0 Å². The average Bonchev–Trinajstić information content (AvgIpc) is 2.02. The lowest BCUT2D eigenvalue weighted by atomic mass is 10.3. The molecule has 0 bridgehead atoms. The first-order valence-electron chi connectivity index (χ1n) is 4.23. The maximum absolute atomic E-state index is 5.64. The van der Waals surface area contributed by atoms with Crippen LogP contribution in [0.4, 0.5) is 0 Å². The lowest BCUT2D eigenvalue weighted by molar-refractivity contribution is 0.362. The fourth-order valence-electron chi connectivity index (χ4n) is 1.52. The Morgan fingerprint density at radius 1 is 1.50 bits per heavy atom. The van der Waals surface area contributed by atoms with Crippen molar-refractivity contribution in [1.29, 1.82) is 0 Å². The number of aromatic nitrogens is 1. The van der Waals surface area contributed by atoms with Gasteiger partial charge in [-0.15, -0.1) is 0 Å². The van der Waals surface area contributed by atoms with Gasteiger partial charge in [0.05, 0.1) is 20.5 Å². The molecule has 64 valence electrons. The smallest absolute Gasteiger partial charge is 0.139 e. The Bertz CT molecular complexity index is 298. The summed E-state index contributed by atoms with van der Waals surface area (Å²) in [5.74, 6) is 0.990. The summed E-state index contributed by atoms with van der Waals surface area (Å²) in [6.07, 6.45) is 4.60. The minimum Gasteiger partial charge on any atom is -0.495 e. The third kappa shape index (κ3) is 1.36. The first kappa shape index (κ1) is 7.80. The molecule has 12 heavy (non-hydrogen) atoms. The zero-order chi connectivity index (χ0) is 8.60. The number of hydrogen-bond acceptors (Lipinski definition) is 2. The Kier molecular flexibility index (Phi) is 1.68. The summed E-state index contributed by atoms with van der Waals surface area (Å²) in [4.78, 5) is 4.04. The Labute approximate surface area is 73.6 Å². The minimum absolute atomic E-state index is 0.936. The topological polar surface area (TPSA) is 22.1 Å². The van der Waals surface area contributed by atoms with Crippen LogP contribution in [0.15, 0.2) is 18.5 Å². The number of pyridine rings is 1. The summed E-state index contributed by atoms with van der Waals surface area (Å²) < 4.78 is 5.64. The Morgan fingerprint density at radius 2 is 2.33 bits per heavy atom. The number of hydrogen-bond donors (Lipinski definition) is 0. The molecule has 0 atom stereocenters. The molecule has 1 aliphatic heterocycles. The SMILES string of the molecule is C[Si]1(C)COc2cnccc2C1. The van der Waals surface area contributed by atoms with Crippen molar-refractivity contribution >= 4 is 8.07 Å². The zero-order valence-electron chi connectivity index (χ0n) is 7.50. The molecule has 0 spiro atoms. The Balaban J connectivity index is 2.35. The fraction of sp³-hybridized carbons (Fsp3) is 0.444. The highest BCUT2D eigenvalue weighted by Gasteiger charge is 2.28. The molecule has 0 saturated heterocycles. The second-order valence-corrected chi connectivity index (χ2v) is 9.08. The molecule has 0 N–H and O–H groups in total. The number of nitrogens with zero attached hydrogens (tertiary/aromatic N) is 1. The van der Waals surface area contributed by atoms with E-state index in [2.05, 4.69) is 24.1 Å². The van der Waals surface area contributed by atoms with Gasteiger partial charge in [0.15, 0.2) is 0 Å². The molecule has 1 aromatic rings. The van der Waals surface area contributed by atoms with Crippen molar-refractivity contribution < 1.29 is 4.74 Å². The van der Waals surface area contributed by atoms with Crippen molar-refractivity contribution in [2.75, 3.05) is 6.23 Å². The molecule has 0 unspecified atom stereocenters. The van der Waals surface area contributed by atoms with Gasteiger partial charge in [0, 0.05) is 6.20 Å². The fourth-order valence-corrected chi connectivity index (χ4v) is 3.50. The van der Waals surface area contributed by atoms with Gasteiger partial charge in [0.2, 0.25) is 0 Å². The summed E-state index contributed by atoms with van der Waals surface area (Å²) in [5, 5.41) is 0. The van der Waals surface area contributed by atoms with E-state index in [0.29, 0.717) is 0 Å². The summed E-state index contributed by atoms with van der Waals surface area (Å²) in [7, 11) is -1.09. The van der Waals surface area contributed by atoms with Crippen LogP contribution in [-0.2, 0) is 6.04 Å². The molecule has 2 heterocycles. The molecule has 2 rings (SSSR count). The summed E-state index contributed by atoms with van der Waals surface area (Å²) in [5.41, 5.74) is 1.34. The normalized spacial score (nSPS) is 19.5. The standard InChI is InChI=1S/C9H13NOSi/c1-12(2)6-8-3-4-10-5-9(8)11-7-12/h3-5H,6-7H2,1-2H3. The third-order valence-electron chi connectivity index (χ3n) is 2.16. The number of rotatable bonds is 0. The quantitative estimate of drug-likeness (QED) is 0.567. The lowest BCUT2D eigenvalue weighted by Gasteiger charge is -2.28. The monoisotopic (exact) mass is 179 g/mol. The molecule has 0 fully saturated rings. The van der Waals surface area contributed by atoms with Gasteiger partial charge < -0.3 is 4.74 Å². The molecule has 0 aromatic carbocycles. The third-order valence-corrected chi connectivity index (χ3v) is 4.42. The van der Waals surface area contributed by atoms with Crippen LogP contribution in [0.3, 0.4) is 0 Å². The molecule has 3 heteroatoms. The summed E-state index contributed by atoms with van der Waals surface area (Å²) in [6, 6.07) is 3.30. The second-order valence-electron chi connectivity index (χ2n) is 4.11. The highest BCUT2D eigenvalue weighted by molar-refractivity contribution is 6.77. The molecule has 0 aliphatic carbocycles. The largest absolute Gasteiger partial charge is 0.495 e. The average molecular weight is 179 g/mol. The van der Waals surface area contributed by atoms with Gasteiger partial charge in [-0.1, -0.05) is 13.1 Å². The summed E-state index contributed by atoms with van der Waals surface area (Å²) >= 11 is 0. The van der Waals surface area contributed by atoms with Crippen LogP contribution < -0.4 is 4.74 Å². The van der Waals surface area contributed by atoms with Crippen LogP contribution >= 0.6 is 0 Å². The molecular formula is C9H13NOSi. The Morgan fingerprint density at radius 3 is 3.17 bits per heavy atom. The Hall–Kier alpha value is -0.833. The van der Waals surface area contributed by atoms with Crippen molar-refractivity contribution in [2.24, 2.45) is 0 Å². The van der Waals surface area contributed by atoms with Crippen molar-refractivity contribution in [2.45, 2.75) is 19.1 Å². The van der Waals surface area contributed by atoms with Crippen molar-refractivity contribution in [3.05, 3.63) is 24.0 Å². The van der Waals surface area contributed by atoms with E-state index in [9.17, 15) is 0 Å². The predicted molar refractivity (Wildman–Crippen MR) is 50.9 cm³/mol. The van der Waals surface area contributed by atoms with Gasteiger partial charge in [-0.3, -0.25) is 4.98 Å². The van der Waals surface area contributed by atoms with Crippen LogP contribution in [-0.4, -0.2) is 19.3 Å². The molecule has 0 radical (unpaired) electrons. The lowest BCUT2D eigenvalue weighted by Crippen LogP contribution is -2.40. The maximum atomic E-state index is 5.64.